The zero-order valence-corrected chi connectivity index (χ0v) is 19.1. The average Bonchev–Trinajstić information content (AvgIpc) is 2.78. The molecule has 1 aliphatic carbocycles. The van der Waals surface area contributed by atoms with Crippen LogP contribution < -0.4 is 15.5 Å². The van der Waals surface area contributed by atoms with E-state index in [0.717, 1.165) is 74.9 Å². The minimum absolute atomic E-state index is 0.199. The minimum atomic E-state index is 0.199. The molecule has 168 valence electrons. The number of anilines is 2. The van der Waals surface area contributed by atoms with Crippen LogP contribution in [0.5, 0.6) is 0 Å². The molecule has 2 heterocycles. The fourth-order valence-electron chi connectivity index (χ4n) is 4.82. The van der Waals surface area contributed by atoms with E-state index in [1.54, 1.807) is 0 Å². The smallest absolute Gasteiger partial charge is 0.225 e. The number of amides is 1. The molecular formula is C24H36N6O. The van der Waals surface area contributed by atoms with Crippen molar-refractivity contribution in [3.63, 3.8) is 0 Å². The van der Waals surface area contributed by atoms with Crippen LogP contribution in [0.15, 0.2) is 24.3 Å². The molecule has 1 amide bonds. The zero-order chi connectivity index (χ0) is 21.8. The van der Waals surface area contributed by atoms with Gasteiger partial charge in [-0.15, -0.1) is 0 Å². The van der Waals surface area contributed by atoms with Crippen molar-refractivity contribution in [1.29, 1.82) is 0 Å². The van der Waals surface area contributed by atoms with Crippen LogP contribution >= 0.6 is 0 Å². The monoisotopic (exact) mass is 424 g/mol. The summed E-state index contributed by atoms with van der Waals surface area (Å²) in [5, 5.41) is 7.87. The predicted molar refractivity (Wildman–Crippen MR) is 126 cm³/mol. The first-order valence-corrected chi connectivity index (χ1v) is 11.7. The summed E-state index contributed by atoms with van der Waals surface area (Å²) >= 11 is 0. The van der Waals surface area contributed by atoms with Gasteiger partial charge in [0.05, 0.1) is 5.52 Å². The Kier molecular flexibility index (Phi) is 6.90. The van der Waals surface area contributed by atoms with E-state index in [1.807, 2.05) is 37.2 Å². The molecular weight excluding hydrogens is 388 g/mol. The molecule has 7 heteroatoms. The molecule has 0 radical (unpaired) electrons. The van der Waals surface area contributed by atoms with Crippen molar-refractivity contribution in [3.05, 3.63) is 24.3 Å². The number of rotatable bonds is 6. The third kappa shape index (κ3) is 5.45. The summed E-state index contributed by atoms with van der Waals surface area (Å²) in [4.78, 5) is 26.3. The first-order valence-electron chi connectivity index (χ1n) is 11.7. The number of para-hydroxylation sites is 1. The zero-order valence-electron chi connectivity index (χ0n) is 19.1. The number of aromatic nitrogens is 2. The maximum Gasteiger partial charge on any atom is 0.225 e. The number of benzene rings is 1. The van der Waals surface area contributed by atoms with E-state index in [2.05, 4.69) is 28.6 Å². The van der Waals surface area contributed by atoms with Gasteiger partial charge in [0.2, 0.25) is 11.9 Å². The normalized spacial score (nSPS) is 22.9. The molecule has 0 atom stereocenters. The van der Waals surface area contributed by atoms with Crippen LogP contribution in [0.25, 0.3) is 10.9 Å². The molecule has 0 spiro atoms. The van der Waals surface area contributed by atoms with Crippen molar-refractivity contribution >= 4 is 28.6 Å². The number of hydrogen-bond acceptors (Lipinski definition) is 6. The molecule has 0 unspecified atom stereocenters. The van der Waals surface area contributed by atoms with E-state index < -0.39 is 0 Å². The Morgan fingerprint density at radius 2 is 1.77 bits per heavy atom. The SMILES string of the molecule is CN1CCC(C(=O)NCC2CCC(Nc3nc(N(C)C)c4ccccc4n3)CC2)CC1. The van der Waals surface area contributed by atoms with Crippen molar-refractivity contribution in [3.8, 4) is 0 Å². The van der Waals surface area contributed by atoms with Crippen LogP contribution in [-0.4, -0.2) is 67.6 Å². The van der Waals surface area contributed by atoms with E-state index in [9.17, 15) is 4.79 Å². The fourth-order valence-corrected chi connectivity index (χ4v) is 4.82. The molecule has 0 bridgehead atoms. The van der Waals surface area contributed by atoms with Crippen LogP contribution in [0, 0.1) is 11.8 Å². The average molecular weight is 425 g/mol. The van der Waals surface area contributed by atoms with Gasteiger partial charge in [-0.25, -0.2) is 4.98 Å². The van der Waals surface area contributed by atoms with Gasteiger partial charge in [0, 0.05) is 38.0 Å². The minimum Gasteiger partial charge on any atom is -0.362 e. The Bertz CT molecular complexity index is 885. The van der Waals surface area contributed by atoms with Crippen LogP contribution in [0.3, 0.4) is 0 Å². The van der Waals surface area contributed by atoms with Crippen LogP contribution in [0.1, 0.15) is 38.5 Å². The molecule has 4 rings (SSSR count). The third-order valence-corrected chi connectivity index (χ3v) is 6.84. The van der Waals surface area contributed by atoms with Crippen LogP contribution in [-0.2, 0) is 4.79 Å². The van der Waals surface area contributed by atoms with E-state index >= 15 is 0 Å². The first kappa shape index (κ1) is 21.8. The van der Waals surface area contributed by atoms with Gasteiger partial charge in [-0.1, -0.05) is 12.1 Å². The van der Waals surface area contributed by atoms with Gasteiger partial charge in [-0.3, -0.25) is 4.79 Å². The largest absolute Gasteiger partial charge is 0.362 e. The molecule has 1 saturated heterocycles. The Morgan fingerprint density at radius 1 is 1.06 bits per heavy atom. The molecule has 1 aromatic heterocycles. The number of fused-ring (bicyclic) bond motifs is 1. The Hall–Kier alpha value is -2.41. The molecule has 2 aliphatic rings. The second-order valence-corrected chi connectivity index (χ2v) is 9.47. The van der Waals surface area contributed by atoms with Gasteiger partial charge in [0.1, 0.15) is 5.82 Å². The summed E-state index contributed by atoms with van der Waals surface area (Å²) in [6.45, 7) is 2.87. The quantitative estimate of drug-likeness (QED) is 0.742. The van der Waals surface area contributed by atoms with Crippen molar-refractivity contribution in [2.45, 2.75) is 44.6 Å². The molecule has 31 heavy (non-hydrogen) atoms. The Labute approximate surface area is 185 Å². The first-order chi connectivity index (χ1) is 15.0. The molecule has 2 N–H and O–H groups in total. The van der Waals surface area contributed by atoms with Crippen molar-refractivity contribution in [2.24, 2.45) is 11.8 Å². The highest BCUT2D eigenvalue weighted by molar-refractivity contribution is 5.90. The lowest BCUT2D eigenvalue weighted by atomic mass is 9.86. The predicted octanol–water partition coefficient (Wildman–Crippen LogP) is 3.12. The van der Waals surface area contributed by atoms with E-state index in [-0.39, 0.29) is 11.8 Å². The van der Waals surface area contributed by atoms with Gasteiger partial charge in [0.15, 0.2) is 0 Å². The van der Waals surface area contributed by atoms with Gasteiger partial charge >= 0.3 is 0 Å². The van der Waals surface area contributed by atoms with Crippen molar-refractivity contribution in [2.75, 3.05) is 51.0 Å². The third-order valence-electron chi connectivity index (χ3n) is 6.84. The fraction of sp³-hybridized carbons (Fsp3) is 0.625. The molecule has 1 saturated carbocycles. The van der Waals surface area contributed by atoms with Crippen molar-refractivity contribution < 1.29 is 4.79 Å². The number of piperidine rings is 1. The topological polar surface area (TPSA) is 73.4 Å². The maximum absolute atomic E-state index is 12.5. The number of hydrogen-bond donors (Lipinski definition) is 2. The number of likely N-dealkylation sites (tertiary alicyclic amines) is 1. The molecule has 2 fully saturated rings. The second kappa shape index (κ2) is 9.81. The summed E-state index contributed by atoms with van der Waals surface area (Å²) in [7, 11) is 6.16. The van der Waals surface area contributed by atoms with E-state index in [4.69, 9.17) is 9.97 Å². The molecule has 1 aromatic carbocycles. The van der Waals surface area contributed by atoms with Crippen LogP contribution in [0.4, 0.5) is 11.8 Å². The highest BCUT2D eigenvalue weighted by Gasteiger charge is 2.26. The second-order valence-electron chi connectivity index (χ2n) is 9.47. The Balaban J connectivity index is 1.27. The van der Waals surface area contributed by atoms with Gasteiger partial charge < -0.3 is 20.4 Å². The molecule has 2 aromatic rings. The highest BCUT2D eigenvalue weighted by atomic mass is 16.1. The van der Waals surface area contributed by atoms with Gasteiger partial charge in [0.25, 0.3) is 0 Å². The number of nitrogens with zero attached hydrogens (tertiary/aromatic N) is 4. The summed E-state index contributed by atoms with van der Waals surface area (Å²) in [5.41, 5.74) is 0.967. The standard InChI is InChI=1S/C24H36N6O/c1-29(2)22-20-6-4-5-7-21(20)27-24(28-22)26-19-10-8-17(9-11-19)16-25-23(31)18-12-14-30(3)15-13-18/h4-7,17-19H,8-16H2,1-3H3,(H,25,31)(H,26,27,28). The maximum atomic E-state index is 12.5. The highest BCUT2D eigenvalue weighted by Crippen LogP contribution is 2.28. The lowest BCUT2D eigenvalue weighted by molar-refractivity contribution is -0.126. The lowest BCUT2D eigenvalue weighted by Crippen LogP contribution is -2.41. The van der Waals surface area contributed by atoms with Crippen molar-refractivity contribution in [1.82, 2.24) is 20.2 Å². The van der Waals surface area contributed by atoms with Gasteiger partial charge in [-0.2, -0.15) is 4.98 Å². The van der Waals surface area contributed by atoms with E-state index in [1.165, 1.54) is 0 Å². The number of carbonyl (C=O) groups excluding carboxylic acids is 1. The Morgan fingerprint density at radius 3 is 2.48 bits per heavy atom. The number of nitrogens with one attached hydrogen (secondary N) is 2. The van der Waals surface area contributed by atoms with Gasteiger partial charge in [-0.05, 0) is 76.7 Å². The summed E-state index contributed by atoms with van der Waals surface area (Å²) in [5.74, 6) is 2.68. The lowest BCUT2D eigenvalue weighted by Gasteiger charge is -2.31. The van der Waals surface area contributed by atoms with E-state index in [0.29, 0.717) is 17.9 Å². The molecule has 7 nitrogen and oxygen atoms in total. The summed E-state index contributed by atoms with van der Waals surface area (Å²) < 4.78 is 0. The summed E-state index contributed by atoms with van der Waals surface area (Å²) in [6, 6.07) is 8.54. The molecule has 1 aliphatic heterocycles. The number of carbonyl (C=O) groups is 1. The summed E-state index contributed by atoms with van der Waals surface area (Å²) in [6.07, 6.45) is 6.39. The van der Waals surface area contributed by atoms with Crippen LogP contribution in [0.2, 0.25) is 0 Å².